The van der Waals surface area contributed by atoms with Crippen LogP contribution in [0.2, 0.25) is 0 Å². The van der Waals surface area contributed by atoms with Gasteiger partial charge in [-0.25, -0.2) is 0 Å². The van der Waals surface area contributed by atoms with Gasteiger partial charge >= 0.3 is 0 Å². The van der Waals surface area contributed by atoms with Gasteiger partial charge in [0.1, 0.15) is 0 Å². The van der Waals surface area contributed by atoms with Crippen LogP contribution in [-0.4, -0.2) is 49.6 Å². The Morgan fingerprint density at radius 2 is 1.67 bits per heavy atom. The first-order valence-corrected chi connectivity index (χ1v) is 4.80. The largest absolute Gasteiger partial charge is 0.304 e. The van der Waals surface area contributed by atoms with E-state index in [0.29, 0.717) is 11.5 Å². The van der Waals surface area contributed by atoms with Gasteiger partial charge in [0.05, 0.1) is 0 Å². The highest BCUT2D eigenvalue weighted by atomic mass is 15.3. The molecule has 0 aromatic rings. The van der Waals surface area contributed by atoms with Crippen LogP contribution in [-0.2, 0) is 0 Å². The molecule has 0 N–H and O–H groups in total. The highest BCUT2D eigenvalue weighted by molar-refractivity contribution is 4.87. The highest BCUT2D eigenvalue weighted by Gasteiger charge is 2.31. The predicted octanol–water partition coefficient (Wildman–Crippen LogP) is 1.28. The minimum absolute atomic E-state index is 0.406. The number of hydrogen-bond acceptors (Lipinski definition) is 2. The van der Waals surface area contributed by atoms with E-state index < -0.39 is 0 Å². The summed E-state index contributed by atoms with van der Waals surface area (Å²) in [5.41, 5.74) is 0.406. The summed E-state index contributed by atoms with van der Waals surface area (Å²) in [4.78, 5) is 4.91. The molecule has 1 unspecified atom stereocenters. The molecule has 0 saturated carbocycles. The molecule has 0 aromatic heterocycles. The lowest BCUT2D eigenvalue weighted by atomic mass is 9.84. The summed E-state index contributed by atoms with van der Waals surface area (Å²) in [5.74, 6) is 0. The molecule has 0 radical (unpaired) electrons. The molecular formula is C10H22N2. The number of nitrogens with zero attached hydrogens (tertiary/aromatic N) is 2. The zero-order valence-electron chi connectivity index (χ0n) is 9.09. The Morgan fingerprint density at radius 1 is 1.08 bits per heavy atom. The molecule has 2 nitrogen and oxygen atoms in total. The summed E-state index contributed by atoms with van der Waals surface area (Å²) in [6.07, 6.45) is 0. The molecule has 1 saturated heterocycles. The summed E-state index contributed by atoms with van der Waals surface area (Å²) in [6.45, 7) is 10.6. The summed E-state index contributed by atoms with van der Waals surface area (Å²) in [7, 11) is 4.45. The molecular weight excluding hydrogens is 148 g/mol. The van der Waals surface area contributed by atoms with E-state index in [9.17, 15) is 0 Å². The molecule has 12 heavy (non-hydrogen) atoms. The van der Waals surface area contributed by atoms with Crippen molar-refractivity contribution in [2.75, 3.05) is 33.7 Å². The van der Waals surface area contributed by atoms with E-state index >= 15 is 0 Å². The third kappa shape index (κ3) is 2.20. The minimum atomic E-state index is 0.406. The Hall–Kier alpha value is -0.0800. The molecule has 0 spiro atoms. The van der Waals surface area contributed by atoms with E-state index in [2.05, 4.69) is 44.7 Å². The Kier molecular flexibility index (Phi) is 2.79. The molecule has 0 bridgehead atoms. The molecule has 0 amide bonds. The van der Waals surface area contributed by atoms with Crippen LogP contribution in [0.25, 0.3) is 0 Å². The summed E-state index contributed by atoms with van der Waals surface area (Å²) < 4.78 is 0. The third-order valence-electron chi connectivity index (χ3n) is 2.85. The average molecular weight is 170 g/mol. The molecule has 1 fully saturated rings. The Labute approximate surface area is 76.5 Å². The van der Waals surface area contributed by atoms with Gasteiger partial charge in [0.25, 0.3) is 0 Å². The van der Waals surface area contributed by atoms with Gasteiger partial charge in [0.2, 0.25) is 0 Å². The van der Waals surface area contributed by atoms with E-state index in [-0.39, 0.29) is 0 Å². The fraction of sp³-hybridized carbons (Fsp3) is 1.00. The third-order valence-corrected chi connectivity index (χ3v) is 2.85. The van der Waals surface area contributed by atoms with Crippen molar-refractivity contribution in [1.29, 1.82) is 0 Å². The van der Waals surface area contributed by atoms with Crippen LogP contribution in [0.15, 0.2) is 0 Å². The molecule has 1 rings (SSSR count). The molecule has 2 heteroatoms. The first-order chi connectivity index (χ1) is 5.41. The Balaban J connectivity index is 2.61. The lowest BCUT2D eigenvalue weighted by Crippen LogP contribution is -2.55. The van der Waals surface area contributed by atoms with Crippen molar-refractivity contribution in [1.82, 2.24) is 9.80 Å². The molecule has 0 aromatic carbocycles. The van der Waals surface area contributed by atoms with Crippen LogP contribution in [0.4, 0.5) is 0 Å². The fourth-order valence-electron chi connectivity index (χ4n) is 1.95. The van der Waals surface area contributed by atoms with Crippen LogP contribution < -0.4 is 0 Å². The van der Waals surface area contributed by atoms with E-state index in [1.807, 2.05) is 0 Å². The van der Waals surface area contributed by atoms with Crippen molar-refractivity contribution in [2.24, 2.45) is 5.41 Å². The van der Waals surface area contributed by atoms with Gasteiger partial charge in [0.15, 0.2) is 0 Å². The number of hydrogen-bond donors (Lipinski definition) is 0. The molecule has 1 aliphatic heterocycles. The van der Waals surface area contributed by atoms with Crippen molar-refractivity contribution in [3.63, 3.8) is 0 Å². The number of rotatable bonds is 0. The van der Waals surface area contributed by atoms with Crippen molar-refractivity contribution in [3.8, 4) is 0 Å². The van der Waals surface area contributed by atoms with E-state index in [0.717, 1.165) is 0 Å². The highest BCUT2D eigenvalue weighted by Crippen LogP contribution is 2.25. The molecule has 1 heterocycles. The first kappa shape index (κ1) is 10.0. The normalized spacial score (nSPS) is 29.2. The van der Waals surface area contributed by atoms with Gasteiger partial charge in [-0.2, -0.15) is 0 Å². The smallest absolute Gasteiger partial charge is 0.0268 e. The zero-order chi connectivity index (χ0) is 9.35. The van der Waals surface area contributed by atoms with Crippen molar-refractivity contribution in [3.05, 3.63) is 0 Å². The second-order valence-electron chi connectivity index (χ2n) is 5.12. The standard InChI is InChI=1S/C10H22N2/c1-10(2,3)9-8-11(4)6-7-12(9)5/h9H,6-8H2,1-5H3. The zero-order valence-corrected chi connectivity index (χ0v) is 9.09. The average Bonchev–Trinajstić information content (AvgIpc) is 1.92. The first-order valence-electron chi connectivity index (χ1n) is 4.80. The molecule has 1 aliphatic rings. The van der Waals surface area contributed by atoms with Crippen molar-refractivity contribution >= 4 is 0 Å². The van der Waals surface area contributed by atoms with E-state index in [1.165, 1.54) is 19.6 Å². The van der Waals surface area contributed by atoms with Gasteiger partial charge in [-0.15, -0.1) is 0 Å². The van der Waals surface area contributed by atoms with Gasteiger partial charge < -0.3 is 9.80 Å². The summed E-state index contributed by atoms with van der Waals surface area (Å²) in [5, 5.41) is 0. The number of likely N-dealkylation sites (N-methyl/N-ethyl adjacent to an activating group) is 2. The second kappa shape index (κ2) is 3.35. The quantitative estimate of drug-likeness (QED) is 0.540. The summed E-state index contributed by atoms with van der Waals surface area (Å²) in [6, 6.07) is 0.705. The lowest BCUT2D eigenvalue weighted by Gasteiger charge is -2.44. The minimum Gasteiger partial charge on any atom is -0.304 e. The van der Waals surface area contributed by atoms with E-state index in [1.54, 1.807) is 0 Å². The van der Waals surface area contributed by atoms with Crippen LogP contribution in [0, 0.1) is 5.41 Å². The Morgan fingerprint density at radius 3 is 2.08 bits per heavy atom. The van der Waals surface area contributed by atoms with E-state index in [4.69, 9.17) is 0 Å². The van der Waals surface area contributed by atoms with Crippen molar-refractivity contribution < 1.29 is 0 Å². The van der Waals surface area contributed by atoms with Crippen LogP contribution in [0.1, 0.15) is 20.8 Å². The van der Waals surface area contributed by atoms with Crippen molar-refractivity contribution in [2.45, 2.75) is 26.8 Å². The predicted molar refractivity (Wildman–Crippen MR) is 53.4 cm³/mol. The lowest BCUT2D eigenvalue weighted by molar-refractivity contribution is 0.0455. The van der Waals surface area contributed by atoms with Crippen LogP contribution in [0.3, 0.4) is 0 Å². The maximum absolute atomic E-state index is 2.49. The number of piperazine rings is 1. The SMILES string of the molecule is CN1CCN(C)C(C(C)(C)C)C1. The topological polar surface area (TPSA) is 6.48 Å². The fourth-order valence-corrected chi connectivity index (χ4v) is 1.95. The molecule has 0 aliphatic carbocycles. The van der Waals surface area contributed by atoms with Crippen LogP contribution in [0.5, 0.6) is 0 Å². The van der Waals surface area contributed by atoms with Gasteiger partial charge in [0, 0.05) is 25.7 Å². The van der Waals surface area contributed by atoms with Crippen LogP contribution >= 0.6 is 0 Å². The Bertz CT molecular complexity index is 148. The van der Waals surface area contributed by atoms with Gasteiger partial charge in [-0.05, 0) is 19.5 Å². The molecule has 72 valence electrons. The summed E-state index contributed by atoms with van der Waals surface area (Å²) >= 11 is 0. The van der Waals surface area contributed by atoms with Gasteiger partial charge in [-0.1, -0.05) is 20.8 Å². The maximum Gasteiger partial charge on any atom is 0.0268 e. The monoisotopic (exact) mass is 170 g/mol. The molecule has 1 atom stereocenters. The second-order valence-corrected chi connectivity index (χ2v) is 5.12. The maximum atomic E-state index is 2.49. The van der Waals surface area contributed by atoms with Gasteiger partial charge in [-0.3, -0.25) is 0 Å².